The van der Waals surface area contributed by atoms with Crippen molar-refractivity contribution in [3.05, 3.63) is 11.6 Å². The monoisotopic (exact) mass is 188 g/mol. The third-order valence-corrected chi connectivity index (χ3v) is 1.10. The first kappa shape index (κ1) is 12.3. The van der Waals surface area contributed by atoms with E-state index in [1.807, 2.05) is 6.92 Å². The van der Waals surface area contributed by atoms with Crippen LogP contribution in [0.25, 0.3) is 0 Å². The maximum Gasteiger partial charge on any atom is 0.0415 e. The molecule has 0 aliphatic heterocycles. The van der Waals surface area contributed by atoms with E-state index in [1.165, 1.54) is 5.54 Å². The predicted octanol–water partition coefficient (Wildman–Crippen LogP) is 3.61. The van der Waals surface area contributed by atoms with Crippen LogP contribution in [0.4, 0.5) is 0 Å². The Labute approximate surface area is 71.8 Å². The minimum atomic E-state index is 0.503. The van der Waals surface area contributed by atoms with Gasteiger partial charge in [-0.05, 0) is 6.42 Å². The maximum atomic E-state index is 5.19. The minimum Gasteiger partial charge on any atom is -0.127 e. The molecule has 0 rings (SSSR count). The maximum absolute atomic E-state index is 5.19. The van der Waals surface area contributed by atoms with E-state index in [-0.39, 0.29) is 0 Å². The van der Waals surface area contributed by atoms with E-state index >= 15 is 0 Å². The molecule has 0 aromatic rings. The van der Waals surface area contributed by atoms with E-state index < -0.39 is 0 Å². The normalized spacial score (nSPS) is 8.89. The standard InChI is InChI=1S/C3H4Cl2.C3H7Cl/c4-2-1-3-5;1-2-3-4/h1-2H,3H2;2-3H2,1H3. The molecule has 0 aromatic heterocycles. The van der Waals surface area contributed by atoms with E-state index in [0.29, 0.717) is 5.88 Å². The van der Waals surface area contributed by atoms with Crippen LogP contribution in [0, 0.1) is 0 Å². The highest BCUT2D eigenvalue weighted by molar-refractivity contribution is 6.26. The van der Waals surface area contributed by atoms with Crippen molar-refractivity contribution in [2.24, 2.45) is 0 Å². The Morgan fingerprint density at radius 2 is 1.78 bits per heavy atom. The number of allylic oxidation sites excluding steroid dienone is 1. The first-order valence-corrected chi connectivity index (χ1v) is 4.21. The molecule has 0 N–H and O–H groups in total. The summed E-state index contributed by atoms with van der Waals surface area (Å²) in [6.07, 6.45) is 2.74. The van der Waals surface area contributed by atoms with Gasteiger partial charge in [-0.15, -0.1) is 23.2 Å². The van der Waals surface area contributed by atoms with Crippen molar-refractivity contribution in [2.75, 3.05) is 11.8 Å². The Kier molecular flexibility index (Phi) is 21.7. The largest absolute Gasteiger partial charge is 0.127 e. The summed E-state index contributed by atoms with van der Waals surface area (Å²) >= 11 is 15.4. The third-order valence-electron chi connectivity index (χ3n) is 0.367. The van der Waals surface area contributed by atoms with Gasteiger partial charge in [0.1, 0.15) is 0 Å². The molecule has 0 atom stereocenters. The van der Waals surface area contributed by atoms with Gasteiger partial charge in [-0.3, -0.25) is 0 Å². The Bertz CT molecular complexity index is 50.3. The number of hydrogen-bond donors (Lipinski definition) is 0. The summed E-state index contributed by atoms with van der Waals surface area (Å²) in [6.45, 7) is 2.05. The Morgan fingerprint density at radius 1 is 1.33 bits per heavy atom. The van der Waals surface area contributed by atoms with E-state index in [9.17, 15) is 0 Å². The highest BCUT2D eigenvalue weighted by Crippen LogP contribution is 1.79. The summed E-state index contributed by atoms with van der Waals surface area (Å²) in [7, 11) is 0. The molecule has 3 heteroatoms. The zero-order valence-corrected chi connectivity index (χ0v) is 7.68. The van der Waals surface area contributed by atoms with Gasteiger partial charge in [0, 0.05) is 17.3 Å². The highest BCUT2D eigenvalue weighted by atomic mass is 35.5. The molecule has 0 nitrogen and oxygen atoms in total. The summed E-state index contributed by atoms with van der Waals surface area (Å²) in [6, 6.07) is 0. The molecule has 0 heterocycles. The smallest absolute Gasteiger partial charge is 0.0415 e. The van der Waals surface area contributed by atoms with Gasteiger partial charge in [-0.1, -0.05) is 24.6 Å². The number of hydrogen-bond acceptors (Lipinski definition) is 0. The SMILES string of the molecule is CCCCl.ClC=CCCl. The molecule has 0 unspecified atom stereocenters. The average Bonchev–Trinajstić information content (AvgIpc) is 1.91. The van der Waals surface area contributed by atoms with Crippen molar-refractivity contribution in [2.45, 2.75) is 13.3 Å². The Hall–Kier alpha value is 0.610. The lowest BCUT2D eigenvalue weighted by atomic mass is 10.6. The van der Waals surface area contributed by atoms with Crippen molar-refractivity contribution in [1.82, 2.24) is 0 Å². The molecule has 9 heavy (non-hydrogen) atoms. The molecule has 0 aliphatic rings. The van der Waals surface area contributed by atoms with Crippen LogP contribution >= 0.6 is 34.8 Å². The third kappa shape index (κ3) is 28.9. The molecule has 0 bridgehead atoms. The van der Waals surface area contributed by atoms with Crippen LogP contribution in [0.15, 0.2) is 11.6 Å². The summed E-state index contributed by atoms with van der Waals surface area (Å²) in [5, 5.41) is 0. The number of halogens is 3. The molecule has 0 saturated carbocycles. The summed E-state index contributed by atoms with van der Waals surface area (Å²) in [4.78, 5) is 0. The van der Waals surface area contributed by atoms with Gasteiger partial charge in [-0.2, -0.15) is 0 Å². The van der Waals surface area contributed by atoms with Crippen LogP contribution in [0.2, 0.25) is 0 Å². The topological polar surface area (TPSA) is 0 Å². The first-order chi connectivity index (χ1) is 4.33. The van der Waals surface area contributed by atoms with E-state index in [2.05, 4.69) is 0 Å². The molecule has 0 saturated heterocycles. The molecule has 0 aliphatic carbocycles. The number of alkyl halides is 2. The highest BCUT2D eigenvalue weighted by Gasteiger charge is 1.59. The molecule has 0 amide bonds. The lowest BCUT2D eigenvalue weighted by Gasteiger charge is -1.65. The van der Waals surface area contributed by atoms with Crippen LogP contribution in [0.1, 0.15) is 13.3 Å². The Morgan fingerprint density at radius 3 is 1.78 bits per heavy atom. The van der Waals surface area contributed by atoms with Gasteiger partial charge in [0.05, 0.1) is 0 Å². The zero-order valence-electron chi connectivity index (χ0n) is 5.41. The van der Waals surface area contributed by atoms with E-state index in [1.54, 1.807) is 6.08 Å². The fourth-order valence-electron chi connectivity index (χ4n) is 0.0337. The molecule has 0 radical (unpaired) electrons. The second-order valence-corrected chi connectivity index (χ2v) is 2.14. The summed E-state index contributed by atoms with van der Waals surface area (Å²) < 4.78 is 0. The predicted molar refractivity (Wildman–Crippen MR) is 46.7 cm³/mol. The molecular formula is C6H11Cl3. The quantitative estimate of drug-likeness (QED) is 0.582. The van der Waals surface area contributed by atoms with Gasteiger partial charge in [-0.25, -0.2) is 0 Å². The van der Waals surface area contributed by atoms with Crippen molar-refractivity contribution in [1.29, 1.82) is 0 Å². The van der Waals surface area contributed by atoms with Gasteiger partial charge in [0.2, 0.25) is 0 Å². The fourth-order valence-corrected chi connectivity index (χ4v) is 0.303. The number of rotatable bonds is 2. The molecular weight excluding hydrogens is 178 g/mol. The molecule has 0 spiro atoms. The van der Waals surface area contributed by atoms with Crippen LogP contribution in [-0.2, 0) is 0 Å². The van der Waals surface area contributed by atoms with Crippen LogP contribution < -0.4 is 0 Å². The molecule has 0 aromatic carbocycles. The lowest BCUT2D eigenvalue weighted by molar-refractivity contribution is 1.10. The van der Waals surface area contributed by atoms with Gasteiger partial charge in [0.15, 0.2) is 0 Å². The van der Waals surface area contributed by atoms with Crippen molar-refractivity contribution >= 4 is 34.8 Å². The van der Waals surface area contributed by atoms with Crippen molar-refractivity contribution in [3.8, 4) is 0 Å². The van der Waals surface area contributed by atoms with Crippen LogP contribution in [-0.4, -0.2) is 11.8 Å². The van der Waals surface area contributed by atoms with E-state index in [0.717, 1.165) is 12.3 Å². The second-order valence-electron chi connectivity index (χ2n) is 1.20. The van der Waals surface area contributed by atoms with Crippen molar-refractivity contribution in [3.63, 3.8) is 0 Å². The van der Waals surface area contributed by atoms with E-state index in [4.69, 9.17) is 34.8 Å². The van der Waals surface area contributed by atoms with Gasteiger partial charge < -0.3 is 0 Å². The van der Waals surface area contributed by atoms with Crippen molar-refractivity contribution < 1.29 is 0 Å². The second kappa shape index (κ2) is 15.8. The minimum absolute atomic E-state index is 0.503. The lowest BCUT2D eigenvalue weighted by Crippen LogP contribution is -1.55. The Balaban J connectivity index is 0. The molecule has 56 valence electrons. The summed E-state index contributed by atoms with van der Waals surface area (Å²) in [5.41, 5.74) is 1.40. The van der Waals surface area contributed by atoms with Gasteiger partial charge in [0.25, 0.3) is 0 Å². The molecule has 0 fully saturated rings. The van der Waals surface area contributed by atoms with Crippen LogP contribution in [0.5, 0.6) is 0 Å². The summed E-state index contributed by atoms with van der Waals surface area (Å²) in [5.74, 6) is 1.30. The fraction of sp³-hybridized carbons (Fsp3) is 0.667. The van der Waals surface area contributed by atoms with Crippen LogP contribution in [0.3, 0.4) is 0 Å². The average molecular weight is 190 g/mol. The van der Waals surface area contributed by atoms with Gasteiger partial charge >= 0.3 is 0 Å². The first-order valence-electron chi connectivity index (χ1n) is 2.70. The zero-order chi connectivity index (χ0) is 7.54.